The summed E-state index contributed by atoms with van der Waals surface area (Å²) >= 11 is 0. The van der Waals surface area contributed by atoms with Gasteiger partial charge < -0.3 is 5.11 Å². The van der Waals surface area contributed by atoms with Gasteiger partial charge in [-0.15, -0.1) is 0 Å². The van der Waals surface area contributed by atoms with Crippen LogP contribution in [0, 0.1) is 0 Å². The van der Waals surface area contributed by atoms with E-state index in [1.807, 2.05) is 12.1 Å². The predicted octanol–water partition coefficient (Wildman–Crippen LogP) is 3.15. The Labute approximate surface area is 78.4 Å². The first-order chi connectivity index (χ1) is 6.34. The molecule has 2 bridgehead atoms. The highest BCUT2D eigenvalue weighted by Gasteiger charge is 2.32. The highest BCUT2D eigenvalue weighted by Crippen LogP contribution is 2.49. The minimum absolute atomic E-state index is 0.436. The van der Waals surface area contributed by atoms with Crippen LogP contribution in [-0.2, 0) is 0 Å². The summed E-state index contributed by atoms with van der Waals surface area (Å²) in [5.74, 6) is 1.97. The molecule has 0 amide bonds. The Bertz CT molecular complexity index is 335. The molecule has 4 rings (SSSR count). The normalized spacial score (nSPS) is 30.2. The van der Waals surface area contributed by atoms with Crippen LogP contribution in [-0.4, -0.2) is 5.11 Å². The Balaban J connectivity index is 2.18. The van der Waals surface area contributed by atoms with Crippen LogP contribution in [0.4, 0.5) is 0 Å². The summed E-state index contributed by atoms with van der Waals surface area (Å²) in [6.45, 7) is 0. The maximum Gasteiger partial charge on any atom is 0.115 e. The molecule has 0 aromatic heterocycles. The molecule has 1 fully saturated rings. The zero-order valence-corrected chi connectivity index (χ0v) is 7.66. The molecule has 1 aromatic rings. The monoisotopic (exact) mass is 174 g/mol. The highest BCUT2D eigenvalue weighted by atomic mass is 16.3. The van der Waals surface area contributed by atoms with E-state index < -0.39 is 0 Å². The maximum atomic E-state index is 9.42. The summed E-state index contributed by atoms with van der Waals surface area (Å²) in [7, 11) is 0. The Kier molecular flexibility index (Phi) is 1.43. The molecule has 0 radical (unpaired) electrons. The van der Waals surface area contributed by atoms with Gasteiger partial charge in [0.05, 0.1) is 0 Å². The third-order valence-corrected chi connectivity index (χ3v) is 3.68. The molecule has 0 unspecified atom stereocenters. The summed E-state index contributed by atoms with van der Waals surface area (Å²) in [6.07, 6.45) is 5.40. The molecule has 3 aliphatic rings. The first-order valence-corrected chi connectivity index (χ1v) is 5.17. The molecular formula is C12H14O. The zero-order valence-electron chi connectivity index (χ0n) is 7.66. The number of hydrogen-bond acceptors (Lipinski definition) is 1. The van der Waals surface area contributed by atoms with E-state index in [0.29, 0.717) is 5.75 Å². The van der Waals surface area contributed by atoms with Crippen molar-refractivity contribution in [3.63, 3.8) is 0 Å². The maximum absolute atomic E-state index is 9.42. The Morgan fingerprint density at radius 3 is 2.23 bits per heavy atom. The van der Waals surface area contributed by atoms with Crippen LogP contribution in [0.25, 0.3) is 0 Å². The fourth-order valence-corrected chi connectivity index (χ4v) is 3.00. The number of fused-ring (bicyclic) bond motifs is 2. The molecule has 1 aromatic carbocycles. The van der Waals surface area contributed by atoms with Crippen LogP contribution < -0.4 is 0 Å². The molecule has 0 atom stereocenters. The first-order valence-electron chi connectivity index (χ1n) is 5.17. The molecule has 13 heavy (non-hydrogen) atoms. The van der Waals surface area contributed by atoms with Crippen molar-refractivity contribution in [2.24, 2.45) is 0 Å². The Morgan fingerprint density at radius 2 is 1.54 bits per heavy atom. The van der Waals surface area contributed by atoms with Crippen molar-refractivity contribution in [1.82, 2.24) is 0 Å². The van der Waals surface area contributed by atoms with Crippen molar-refractivity contribution in [2.45, 2.75) is 37.5 Å². The van der Waals surface area contributed by atoms with E-state index >= 15 is 0 Å². The fraction of sp³-hybridized carbons (Fsp3) is 0.500. The number of phenolic OH excluding ortho intramolecular Hbond substituents is 1. The molecule has 1 heteroatoms. The molecule has 1 N–H and O–H groups in total. The summed E-state index contributed by atoms with van der Waals surface area (Å²) in [4.78, 5) is 0. The van der Waals surface area contributed by atoms with Gasteiger partial charge in [0, 0.05) is 0 Å². The van der Waals surface area contributed by atoms with E-state index in [2.05, 4.69) is 6.07 Å². The lowest BCUT2D eigenvalue weighted by atomic mass is 9.67. The zero-order chi connectivity index (χ0) is 8.84. The lowest BCUT2D eigenvalue weighted by molar-refractivity contribution is 0.356. The average molecular weight is 174 g/mol. The smallest absolute Gasteiger partial charge is 0.115 e. The van der Waals surface area contributed by atoms with Gasteiger partial charge in [-0.1, -0.05) is 6.07 Å². The molecule has 3 aliphatic carbocycles. The van der Waals surface area contributed by atoms with E-state index in [1.54, 1.807) is 0 Å². The van der Waals surface area contributed by atoms with Gasteiger partial charge in [0.2, 0.25) is 0 Å². The van der Waals surface area contributed by atoms with Crippen molar-refractivity contribution in [3.05, 3.63) is 29.3 Å². The number of benzene rings is 1. The van der Waals surface area contributed by atoms with Crippen molar-refractivity contribution in [1.29, 1.82) is 0 Å². The number of rotatable bonds is 0. The number of phenols is 1. The SMILES string of the molecule is Oc1ccc2c(c1)C1CCC2CC1. The van der Waals surface area contributed by atoms with Gasteiger partial charge >= 0.3 is 0 Å². The second-order valence-corrected chi connectivity index (χ2v) is 4.36. The van der Waals surface area contributed by atoms with E-state index in [1.165, 1.54) is 36.8 Å². The number of aromatic hydroxyl groups is 1. The summed E-state index contributed by atoms with van der Waals surface area (Å²) in [6, 6.07) is 5.94. The second kappa shape index (κ2) is 2.50. The minimum Gasteiger partial charge on any atom is -0.508 e. The predicted molar refractivity (Wildman–Crippen MR) is 52.1 cm³/mol. The van der Waals surface area contributed by atoms with Gasteiger partial charge in [-0.25, -0.2) is 0 Å². The van der Waals surface area contributed by atoms with Gasteiger partial charge in [0.1, 0.15) is 5.75 Å². The lowest BCUT2D eigenvalue weighted by Crippen LogP contribution is -2.21. The molecule has 0 saturated heterocycles. The second-order valence-electron chi connectivity index (χ2n) is 4.36. The highest BCUT2D eigenvalue weighted by molar-refractivity contribution is 5.42. The van der Waals surface area contributed by atoms with Crippen molar-refractivity contribution in [2.75, 3.05) is 0 Å². The molecule has 0 spiro atoms. The summed E-state index contributed by atoms with van der Waals surface area (Å²) < 4.78 is 0. The van der Waals surface area contributed by atoms with Crippen LogP contribution in [0.5, 0.6) is 5.75 Å². The van der Waals surface area contributed by atoms with Crippen LogP contribution in [0.2, 0.25) is 0 Å². The third kappa shape index (κ3) is 0.995. The van der Waals surface area contributed by atoms with Gasteiger partial charge in [0.15, 0.2) is 0 Å². The summed E-state index contributed by atoms with van der Waals surface area (Å²) in [5, 5.41) is 9.42. The van der Waals surface area contributed by atoms with Gasteiger partial charge in [0.25, 0.3) is 0 Å². The lowest BCUT2D eigenvalue weighted by Gasteiger charge is -2.38. The first kappa shape index (κ1) is 7.43. The standard InChI is InChI=1S/C12H14O/c13-10-5-6-11-8-1-3-9(4-2-8)12(11)7-10/h5-9,13H,1-4H2. The van der Waals surface area contributed by atoms with E-state index in [-0.39, 0.29) is 0 Å². The van der Waals surface area contributed by atoms with E-state index in [0.717, 1.165) is 11.8 Å². The molecular weight excluding hydrogens is 160 g/mol. The fourth-order valence-electron chi connectivity index (χ4n) is 3.00. The topological polar surface area (TPSA) is 20.2 Å². The van der Waals surface area contributed by atoms with Gasteiger partial charge in [-0.3, -0.25) is 0 Å². The number of hydrogen-bond donors (Lipinski definition) is 1. The third-order valence-electron chi connectivity index (χ3n) is 3.68. The van der Waals surface area contributed by atoms with E-state index in [4.69, 9.17) is 0 Å². The van der Waals surface area contributed by atoms with E-state index in [9.17, 15) is 5.11 Å². The van der Waals surface area contributed by atoms with Gasteiger partial charge in [-0.05, 0) is 60.8 Å². The molecule has 1 nitrogen and oxygen atoms in total. The minimum atomic E-state index is 0.436. The molecule has 0 aliphatic heterocycles. The Morgan fingerprint density at radius 1 is 0.923 bits per heavy atom. The van der Waals surface area contributed by atoms with Gasteiger partial charge in [-0.2, -0.15) is 0 Å². The average Bonchev–Trinajstić information content (AvgIpc) is 2.19. The van der Waals surface area contributed by atoms with Crippen LogP contribution >= 0.6 is 0 Å². The van der Waals surface area contributed by atoms with Crippen LogP contribution in [0.1, 0.15) is 48.6 Å². The molecule has 1 saturated carbocycles. The molecule has 0 heterocycles. The quantitative estimate of drug-likeness (QED) is 0.640. The largest absolute Gasteiger partial charge is 0.508 e. The van der Waals surface area contributed by atoms with Crippen molar-refractivity contribution < 1.29 is 5.11 Å². The summed E-state index contributed by atoms with van der Waals surface area (Å²) in [5.41, 5.74) is 2.95. The van der Waals surface area contributed by atoms with Crippen molar-refractivity contribution in [3.8, 4) is 5.75 Å². The van der Waals surface area contributed by atoms with Crippen LogP contribution in [0.15, 0.2) is 18.2 Å². The van der Waals surface area contributed by atoms with Crippen molar-refractivity contribution >= 4 is 0 Å². The Hall–Kier alpha value is -0.980. The molecule has 68 valence electrons. The van der Waals surface area contributed by atoms with Crippen LogP contribution in [0.3, 0.4) is 0 Å².